The van der Waals surface area contributed by atoms with Gasteiger partial charge in [-0.1, -0.05) is 0 Å². The summed E-state index contributed by atoms with van der Waals surface area (Å²) in [5.74, 6) is -0.984. The van der Waals surface area contributed by atoms with Gasteiger partial charge in [0.15, 0.2) is 0 Å². The Morgan fingerprint density at radius 3 is 2.78 bits per heavy atom. The number of alkyl halides is 3. The van der Waals surface area contributed by atoms with Crippen molar-refractivity contribution in [1.82, 2.24) is 4.98 Å². The molecule has 0 atom stereocenters. The van der Waals surface area contributed by atoms with Crippen LogP contribution < -0.4 is 0 Å². The molecule has 0 unspecified atom stereocenters. The van der Waals surface area contributed by atoms with E-state index in [2.05, 4.69) is 4.98 Å². The van der Waals surface area contributed by atoms with Gasteiger partial charge in [0.25, 0.3) is 6.43 Å². The molecule has 0 radical (unpaired) electrons. The van der Waals surface area contributed by atoms with Gasteiger partial charge in [-0.25, -0.2) is 18.6 Å². The summed E-state index contributed by atoms with van der Waals surface area (Å²) in [7, 11) is 0. The minimum absolute atomic E-state index is 0.0756. The molecule has 0 fully saturated rings. The molecule has 7 heteroatoms. The lowest BCUT2D eigenvalue weighted by Crippen LogP contribution is -2.12. The van der Waals surface area contributed by atoms with Crippen LogP contribution in [0.1, 0.15) is 40.7 Å². The normalized spacial score (nSPS) is 10.2. The lowest BCUT2D eigenvalue weighted by atomic mass is 10.1. The van der Waals surface area contributed by atoms with Crippen LogP contribution in [0.2, 0.25) is 0 Å². The maximum atomic E-state index is 12.8. The first-order valence-corrected chi connectivity index (χ1v) is 5.53. The first kappa shape index (κ1) is 14.3. The quantitative estimate of drug-likeness (QED) is 0.625. The van der Waals surface area contributed by atoms with E-state index in [1.54, 1.807) is 13.0 Å². The molecule has 96 valence electrons. The number of ether oxygens (including phenoxy) is 1. The molecule has 18 heavy (non-hydrogen) atoms. The molecule has 4 nitrogen and oxygen atoms in total. The fourth-order valence-electron chi connectivity index (χ4n) is 1.33. The van der Waals surface area contributed by atoms with Crippen LogP contribution in [0.3, 0.4) is 0 Å². The Balaban J connectivity index is 3.43. The highest BCUT2D eigenvalue weighted by Crippen LogP contribution is 2.25. The largest absolute Gasteiger partial charge is 0.462 e. The Hall–Kier alpha value is -1.74. The number of carbonyl (C=O) groups excluding carboxylic acids is 1. The zero-order valence-electron chi connectivity index (χ0n) is 9.41. The highest BCUT2D eigenvalue weighted by atomic mass is 35.5. The van der Waals surface area contributed by atoms with Gasteiger partial charge in [-0.3, -0.25) is 0 Å². The number of halogens is 3. The van der Waals surface area contributed by atoms with Gasteiger partial charge in [-0.15, -0.1) is 11.6 Å². The molecule has 0 amide bonds. The third kappa shape index (κ3) is 2.93. The van der Waals surface area contributed by atoms with E-state index in [9.17, 15) is 13.6 Å². The summed E-state index contributed by atoms with van der Waals surface area (Å²) in [6.07, 6.45) is -2.96. The number of esters is 1. The topological polar surface area (TPSA) is 63.0 Å². The maximum absolute atomic E-state index is 12.8. The molecule has 1 aromatic rings. The van der Waals surface area contributed by atoms with Crippen LogP contribution in [0.4, 0.5) is 8.78 Å². The van der Waals surface area contributed by atoms with Gasteiger partial charge < -0.3 is 4.74 Å². The van der Waals surface area contributed by atoms with Gasteiger partial charge >= 0.3 is 5.97 Å². The predicted molar refractivity (Wildman–Crippen MR) is 59.4 cm³/mol. The SMILES string of the molecule is CCOC(=O)c1cc(CCl)nc(C(F)F)c1C#N. The van der Waals surface area contributed by atoms with Gasteiger partial charge in [0.05, 0.1) is 29.3 Å². The summed E-state index contributed by atoms with van der Waals surface area (Å²) < 4.78 is 30.2. The van der Waals surface area contributed by atoms with Crippen molar-refractivity contribution >= 4 is 17.6 Å². The molecule has 0 aliphatic heterocycles. The Kier molecular flexibility index (Phi) is 4.98. The molecule has 0 bridgehead atoms. The average molecular weight is 275 g/mol. The van der Waals surface area contributed by atoms with E-state index in [1.807, 2.05) is 0 Å². The van der Waals surface area contributed by atoms with Crippen LogP contribution in [0.5, 0.6) is 0 Å². The Morgan fingerprint density at radius 1 is 1.67 bits per heavy atom. The minimum atomic E-state index is -2.96. The van der Waals surface area contributed by atoms with Crippen LogP contribution in [-0.4, -0.2) is 17.6 Å². The van der Waals surface area contributed by atoms with Crippen molar-refractivity contribution < 1.29 is 18.3 Å². The highest BCUT2D eigenvalue weighted by Gasteiger charge is 2.23. The summed E-state index contributed by atoms with van der Waals surface area (Å²) in [5.41, 5.74) is -1.37. The number of pyridine rings is 1. The molecule has 0 saturated heterocycles. The molecule has 0 aromatic carbocycles. The third-order valence-corrected chi connectivity index (χ3v) is 2.33. The van der Waals surface area contributed by atoms with E-state index in [0.717, 1.165) is 0 Å². The number of hydrogen-bond donors (Lipinski definition) is 0. The molecule has 1 heterocycles. The molecule has 0 N–H and O–H groups in total. The average Bonchev–Trinajstić information content (AvgIpc) is 2.37. The second-order valence-electron chi connectivity index (χ2n) is 3.19. The van der Waals surface area contributed by atoms with Crippen molar-refractivity contribution in [3.63, 3.8) is 0 Å². The van der Waals surface area contributed by atoms with Gasteiger partial charge in [0.2, 0.25) is 0 Å². The predicted octanol–water partition coefficient (Wildman–Crippen LogP) is 2.81. The Labute approximate surface area is 107 Å². The summed E-state index contributed by atoms with van der Waals surface area (Å²) in [6, 6.07) is 2.74. The van der Waals surface area contributed by atoms with E-state index in [1.165, 1.54) is 6.07 Å². The van der Waals surface area contributed by atoms with Gasteiger partial charge in [0, 0.05) is 0 Å². The number of hydrogen-bond acceptors (Lipinski definition) is 4. The van der Waals surface area contributed by atoms with Crippen LogP contribution in [0, 0.1) is 11.3 Å². The molecule has 0 spiro atoms. The van der Waals surface area contributed by atoms with Gasteiger partial charge in [0.1, 0.15) is 11.8 Å². The van der Waals surface area contributed by atoms with Crippen molar-refractivity contribution in [3.8, 4) is 6.07 Å². The zero-order valence-corrected chi connectivity index (χ0v) is 10.2. The smallest absolute Gasteiger partial charge is 0.339 e. The van der Waals surface area contributed by atoms with E-state index in [0.29, 0.717) is 0 Å². The van der Waals surface area contributed by atoms with Gasteiger partial charge in [-0.2, -0.15) is 5.26 Å². The number of nitrogens with zero attached hydrogens (tertiary/aromatic N) is 2. The highest BCUT2D eigenvalue weighted by molar-refractivity contribution is 6.17. The van der Waals surface area contributed by atoms with Crippen LogP contribution >= 0.6 is 11.6 Å². The summed E-state index contributed by atoms with van der Waals surface area (Å²) >= 11 is 5.51. The zero-order chi connectivity index (χ0) is 13.7. The molecule has 0 aliphatic carbocycles. The van der Waals surface area contributed by atoms with Gasteiger partial charge in [-0.05, 0) is 13.0 Å². The monoisotopic (exact) mass is 274 g/mol. The fraction of sp³-hybridized carbons (Fsp3) is 0.364. The summed E-state index contributed by atoms with van der Waals surface area (Å²) in [6.45, 7) is 1.65. The molecule has 0 saturated carbocycles. The summed E-state index contributed by atoms with van der Waals surface area (Å²) in [4.78, 5) is 15.1. The standard InChI is InChI=1S/C11H9ClF2N2O2/c1-2-18-11(17)7-3-6(4-12)16-9(10(13)14)8(7)5-15/h3,10H,2,4H2,1H3. The van der Waals surface area contributed by atoms with Crippen LogP contribution in [-0.2, 0) is 10.6 Å². The molecule has 1 rings (SSSR count). The van der Waals surface area contributed by atoms with Crippen molar-refractivity contribution in [2.24, 2.45) is 0 Å². The van der Waals surface area contributed by atoms with Crippen LogP contribution in [0.15, 0.2) is 6.07 Å². The van der Waals surface area contributed by atoms with E-state index < -0.39 is 23.7 Å². The molecule has 1 aromatic heterocycles. The number of rotatable bonds is 4. The van der Waals surface area contributed by atoms with E-state index in [4.69, 9.17) is 21.6 Å². The minimum Gasteiger partial charge on any atom is -0.462 e. The number of nitriles is 1. The maximum Gasteiger partial charge on any atom is 0.339 e. The fourth-order valence-corrected chi connectivity index (χ4v) is 1.47. The summed E-state index contributed by atoms with van der Waals surface area (Å²) in [5, 5.41) is 8.86. The Morgan fingerprint density at radius 2 is 2.33 bits per heavy atom. The van der Waals surface area contributed by atoms with Crippen molar-refractivity contribution in [2.75, 3.05) is 6.61 Å². The molecular weight excluding hydrogens is 266 g/mol. The lowest BCUT2D eigenvalue weighted by Gasteiger charge is -2.09. The second-order valence-corrected chi connectivity index (χ2v) is 3.46. The third-order valence-electron chi connectivity index (χ3n) is 2.05. The van der Waals surface area contributed by atoms with Crippen molar-refractivity contribution in [2.45, 2.75) is 19.2 Å². The first-order chi connectivity index (χ1) is 8.54. The van der Waals surface area contributed by atoms with Crippen molar-refractivity contribution in [3.05, 3.63) is 28.6 Å². The van der Waals surface area contributed by atoms with Crippen LogP contribution in [0.25, 0.3) is 0 Å². The van der Waals surface area contributed by atoms with E-state index >= 15 is 0 Å². The lowest BCUT2D eigenvalue weighted by molar-refractivity contribution is 0.0525. The van der Waals surface area contributed by atoms with Crippen molar-refractivity contribution in [1.29, 1.82) is 5.26 Å². The number of aromatic nitrogens is 1. The molecule has 0 aliphatic rings. The number of carbonyl (C=O) groups is 1. The first-order valence-electron chi connectivity index (χ1n) is 5.00. The van der Waals surface area contributed by atoms with E-state index in [-0.39, 0.29) is 23.7 Å². The molecular formula is C11H9ClF2N2O2. The second kappa shape index (κ2) is 6.26. The Bertz CT molecular complexity index is 501.